The molecule has 25 heavy (non-hydrogen) atoms. The van der Waals surface area contributed by atoms with Crippen molar-refractivity contribution in [2.75, 3.05) is 19.6 Å². The molecule has 0 radical (unpaired) electrons. The van der Waals surface area contributed by atoms with Gasteiger partial charge in [-0.2, -0.15) is 0 Å². The van der Waals surface area contributed by atoms with E-state index in [0.29, 0.717) is 11.7 Å². The summed E-state index contributed by atoms with van der Waals surface area (Å²) in [5.74, 6) is 0.961. The minimum absolute atomic E-state index is 0.230. The lowest BCUT2D eigenvalue weighted by Crippen LogP contribution is -2.30. The fraction of sp³-hybridized carbons (Fsp3) is 0.565. The van der Waals surface area contributed by atoms with Crippen LogP contribution in [0.2, 0.25) is 0 Å². The van der Waals surface area contributed by atoms with E-state index in [4.69, 9.17) is 0 Å². The molecule has 1 aliphatic rings. The Morgan fingerprint density at radius 3 is 2.36 bits per heavy atom. The van der Waals surface area contributed by atoms with E-state index in [1.807, 2.05) is 6.07 Å². The summed E-state index contributed by atoms with van der Waals surface area (Å²) in [4.78, 5) is 2.42. The third kappa shape index (κ3) is 4.76. The molecule has 0 spiro atoms. The largest absolute Gasteiger partial charge is 0.507 e. The zero-order valence-electron chi connectivity index (χ0n) is 16.7. The van der Waals surface area contributed by atoms with Crippen LogP contribution in [0.3, 0.4) is 0 Å². The second-order valence-corrected chi connectivity index (χ2v) is 7.91. The SMILES string of the molecule is CCCN(CC)CC1=CC(C(C)(C)CC)CC(c2ccccc2)=C1O. The molecule has 2 nitrogen and oxygen atoms in total. The number of nitrogens with zero attached hydrogens (tertiary/aromatic N) is 1. The van der Waals surface area contributed by atoms with Crippen molar-refractivity contribution in [1.29, 1.82) is 0 Å². The van der Waals surface area contributed by atoms with Gasteiger partial charge in [0.25, 0.3) is 0 Å². The van der Waals surface area contributed by atoms with Gasteiger partial charge < -0.3 is 5.11 Å². The summed E-state index contributed by atoms with van der Waals surface area (Å²) in [6, 6.07) is 10.4. The minimum atomic E-state index is 0.230. The molecule has 0 heterocycles. The molecule has 0 saturated carbocycles. The summed E-state index contributed by atoms with van der Waals surface area (Å²) in [5, 5.41) is 11.0. The van der Waals surface area contributed by atoms with Crippen molar-refractivity contribution in [2.45, 2.75) is 53.9 Å². The van der Waals surface area contributed by atoms with Gasteiger partial charge in [-0.25, -0.2) is 0 Å². The number of benzene rings is 1. The molecule has 0 bridgehead atoms. The first-order valence-corrected chi connectivity index (χ1v) is 9.83. The van der Waals surface area contributed by atoms with E-state index >= 15 is 0 Å². The van der Waals surface area contributed by atoms with Crippen molar-refractivity contribution in [3.05, 3.63) is 53.3 Å². The monoisotopic (exact) mass is 341 g/mol. The minimum Gasteiger partial charge on any atom is -0.507 e. The number of allylic oxidation sites excluding steroid dienone is 2. The summed E-state index contributed by atoms with van der Waals surface area (Å²) >= 11 is 0. The molecule has 1 aliphatic carbocycles. The van der Waals surface area contributed by atoms with Crippen molar-refractivity contribution < 1.29 is 5.11 Å². The molecule has 1 unspecified atom stereocenters. The lowest BCUT2D eigenvalue weighted by atomic mass is 9.70. The van der Waals surface area contributed by atoms with Crippen LogP contribution in [0.5, 0.6) is 0 Å². The van der Waals surface area contributed by atoms with Gasteiger partial charge in [0.15, 0.2) is 0 Å². The highest BCUT2D eigenvalue weighted by Gasteiger charge is 2.32. The first-order valence-electron chi connectivity index (χ1n) is 9.83. The lowest BCUT2D eigenvalue weighted by molar-refractivity contribution is 0.241. The van der Waals surface area contributed by atoms with Gasteiger partial charge in [-0.15, -0.1) is 0 Å². The second kappa shape index (κ2) is 8.71. The zero-order valence-corrected chi connectivity index (χ0v) is 16.7. The smallest absolute Gasteiger partial charge is 0.123 e. The summed E-state index contributed by atoms with van der Waals surface area (Å²) < 4.78 is 0. The maximum atomic E-state index is 11.0. The highest BCUT2D eigenvalue weighted by Crippen LogP contribution is 2.43. The van der Waals surface area contributed by atoms with Gasteiger partial charge >= 0.3 is 0 Å². The highest BCUT2D eigenvalue weighted by atomic mass is 16.3. The van der Waals surface area contributed by atoms with E-state index in [1.165, 1.54) is 0 Å². The second-order valence-electron chi connectivity index (χ2n) is 7.91. The first-order chi connectivity index (χ1) is 11.9. The Balaban J connectivity index is 2.41. The Hall–Kier alpha value is -1.54. The van der Waals surface area contributed by atoms with Crippen molar-refractivity contribution in [2.24, 2.45) is 11.3 Å². The maximum Gasteiger partial charge on any atom is 0.123 e. The van der Waals surface area contributed by atoms with Crippen molar-refractivity contribution in [3.63, 3.8) is 0 Å². The van der Waals surface area contributed by atoms with Gasteiger partial charge in [-0.1, -0.05) is 77.4 Å². The number of aliphatic hydroxyl groups is 1. The molecule has 1 atom stereocenters. The van der Waals surface area contributed by atoms with Gasteiger partial charge in [0, 0.05) is 17.7 Å². The van der Waals surface area contributed by atoms with Gasteiger partial charge in [0.1, 0.15) is 5.76 Å². The molecular formula is C23H35NO. The quantitative estimate of drug-likeness (QED) is 0.620. The molecule has 1 aromatic carbocycles. The van der Waals surface area contributed by atoms with Crippen LogP contribution in [0.1, 0.15) is 59.4 Å². The number of hydrogen-bond acceptors (Lipinski definition) is 2. The van der Waals surface area contributed by atoms with Crippen molar-refractivity contribution >= 4 is 5.57 Å². The molecule has 1 aromatic rings. The molecule has 1 N–H and O–H groups in total. The van der Waals surface area contributed by atoms with Gasteiger partial charge in [-0.05, 0) is 42.8 Å². The van der Waals surface area contributed by atoms with Crippen LogP contribution in [0.4, 0.5) is 0 Å². The number of rotatable bonds is 8. The molecule has 0 amide bonds. The van der Waals surface area contributed by atoms with Crippen LogP contribution < -0.4 is 0 Å². The van der Waals surface area contributed by atoms with Crippen LogP contribution >= 0.6 is 0 Å². The van der Waals surface area contributed by atoms with E-state index in [-0.39, 0.29) is 5.41 Å². The average Bonchev–Trinajstić information content (AvgIpc) is 2.63. The lowest BCUT2D eigenvalue weighted by Gasteiger charge is -2.36. The first kappa shape index (κ1) is 19.8. The number of likely N-dealkylation sites (N-methyl/N-ethyl adjacent to an activating group) is 1. The molecular weight excluding hydrogens is 306 g/mol. The molecule has 0 saturated heterocycles. The topological polar surface area (TPSA) is 23.5 Å². The normalized spacial score (nSPS) is 18.6. The van der Waals surface area contributed by atoms with Crippen molar-refractivity contribution in [1.82, 2.24) is 4.90 Å². The van der Waals surface area contributed by atoms with E-state index in [1.54, 1.807) is 0 Å². The Labute approximate surface area is 154 Å². The van der Waals surface area contributed by atoms with E-state index in [9.17, 15) is 5.11 Å². The fourth-order valence-electron chi connectivity index (χ4n) is 3.58. The van der Waals surface area contributed by atoms with Crippen LogP contribution in [0, 0.1) is 11.3 Å². The molecule has 0 fully saturated rings. The molecule has 2 rings (SSSR count). The fourth-order valence-corrected chi connectivity index (χ4v) is 3.58. The number of aliphatic hydroxyl groups excluding tert-OH is 1. The van der Waals surface area contributed by atoms with Gasteiger partial charge in [-0.3, -0.25) is 4.90 Å². The predicted octanol–water partition coefficient (Wildman–Crippen LogP) is 6.07. The van der Waals surface area contributed by atoms with Crippen molar-refractivity contribution in [3.8, 4) is 0 Å². The van der Waals surface area contributed by atoms with E-state index in [0.717, 1.165) is 55.6 Å². The summed E-state index contributed by atoms with van der Waals surface area (Å²) in [6.45, 7) is 14.3. The molecule has 0 aromatic heterocycles. The third-order valence-corrected chi connectivity index (χ3v) is 5.83. The van der Waals surface area contributed by atoms with Crippen LogP contribution in [0.15, 0.2) is 47.7 Å². The van der Waals surface area contributed by atoms with Gasteiger partial charge in [0.2, 0.25) is 0 Å². The van der Waals surface area contributed by atoms with Crippen LogP contribution in [-0.2, 0) is 0 Å². The Morgan fingerprint density at radius 1 is 1.12 bits per heavy atom. The maximum absolute atomic E-state index is 11.0. The third-order valence-electron chi connectivity index (χ3n) is 5.83. The number of hydrogen-bond donors (Lipinski definition) is 1. The Morgan fingerprint density at radius 2 is 1.80 bits per heavy atom. The van der Waals surface area contributed by atoms with E-state index < -0.39 is 0 Å². The Bertz CT molecular complexity index is 612. The summed E-state index contributed by atoms with van der Waals surface area (Å²) in [5.41, 5.74) is 3.60. The summed E-state index contributed by atoms with van der Waals surface area (Å²) in [6.07, 6.45) is 5.54. The van der Waals surface area contributed by atoms with E-state index in [2.05, 4.69) is 69.9 Å². The molecule has 2 heteroatoms. The van der Waals surface area contributed by atoms with Crippen LogP contribution in [-0.4, -0.2) is 29.6 Å². The van der Waals surface area contributed by atoms with Crippen LogP contribution in [0.25, 0.3) is 5.57 Å². The molecule has 0 aliphatic heterocycles. The standard InChI is InChI=1S/C23H35NO/c1-6-14-24(8-3)17-19-15-20(23(4,5)7-2)16-21(22(19)25)18-12-10-9-11-13-18/h9-13,15,20,25H,6-8,14,16-17H2,1-5H3. The summed E-state index contributed by atoms with van der Waals surface area (Å²) in [7, 11) is 0. The average molecular weight is 342 g/mol. The molecule has 138 valence electrons. The Kier molecular flexibility index (Phi) is 6.89. The predicted molar refractivity (Wildman–Crippen MR) is 109 cm³/mol. The zero-order chi connectivity index (χ0) is 18.4. The van der Waals surface area contributed by atoms with Gasteiger partial charge in [0.05, 0.1) is 0 Å². The highest BCUT2D eigenvalue weighted by molar-refractivity contribution is 5.72.